The first kappa shape index (κ1) is 22.8. The Hall–Kier alpha value is -2.33. The van der Waals surface area contributed by atoms with Gasteiger partial charge in [0, 0.05) is 43.0 Å². The van der Waals surface area contributed by atoms with Crippen LogP contribution in [0.1, 0.15) is 11.3 Å². The van der Waals surface area contributed by atoms with Gasteiger partial charge in [-0.15, -0.1) is 11.3 Å². The van der Waals surface area contributed by atoms with E-state index in [9.17, 15) is 8.42 Å². The number of methoxy groups -OCH3 is 2. The summed E-state index contributed by atoms with van der Waals surface area (Å²) in [5.74, 6) is 1.12. The van der Waals surface area contributed by atoms with Crippen molar-refractivity contribution in [3.05, 3.63) is 64.1 Å². The van der Waals surface area contributed by atoms with Gasteiger partial charge < -0.3 is 14.4 Å². The summed E-state index contributed by atoms with van der Waals surface area (Å²) in [6, 6.07) is 12.6. The number of anilines is 1. The number of halogens is 1. The third-order valence-electron chi connectivity index (χ3n) is 5.34. The van der Waals surface area contributed by atoms with Gasteiger partial charge in [-0.05, 0) is 35.9 Å². The first-order chi connectivity index (χ1) is 15.4. The molecule has 0 radical (unpaired) electrons. The Morgan fingerprint density at radius 1 is 1.03 bits per heavy atom. The molecule has 0 N–H and O–H groups in total. The molecule has 32 heavy (non-hydrogen) atoms. The fraction of sp³-hybridized carbons (Fsp3) is 0.318. The fourth-order valence-corrected chi connectivity index (χ4v) is 6.31. The number of aromatic nitrogens is 1. The number of hydrogen-bond acceptors (Lipinski definition) is 7. The highest BCUT2D eigenvalue weighted by Gasteiger charge is 2.31. The van der Waals surface area contributed by atoms with E-state index in [2.05, 4.69) is 10.3 Å². The maximum atomic E-state index is 13.2. The lowest BCUT2D eigenvalue weighted by Crippen LogP contribution is -2.48. The number of rotatable bonds is 7. The van der Waals surface area contributed by atoms with E-state index in [0.717, 1.165) is 28.6 Å². The molecule has 1 aromatic heterocycles. The summed E-state index contributed by atoms with van der Waals surface area (Å²) in [6.45, 7) is 1.87. The Kier molecular flexibility index (Phi) is 6.90. The molecule has 0 bridgehead atoms. The van der Waals surface area contributed by atoms with Crippen LogP contribution in [-0.4, -0.2) is 58.1 Å². The maximum Gasteiger partial charge on any atom is 0.246 e. The van der Waals surface area contributed by atoms with E-state index in [1.165, 1.54) is 17.5 Å². The highest BCUT2D eigenvalue weighted by atomic mass is 35.5. The van der Waals surface area contributed by atoms with Crippen LogP contribution in [0.3, 0.4) is 0 Å². The molecule has 0 unspecified atom stereocenters. The summed E-state index contributed by atoms with van der Waals surface area (Å²) in [4.78, 5) is 6.99. The first-order valence-corrected chi connectivity index (χ1v) is 12.8. The lowest BCUT2D eigenvalue weighted by atomic mass is 10.1. The number of hydrogen-bond donors (Lipinski definition) is 0. The molecule has 1 aliphatic heterocycles. The third kappa shape index (κ3) is 4.85. The van der Waals surface area contributed by atoms with Crippen LogP contribution >= 0.6 is 22.9 Å². The molecule has 2 aromatic carbocycles. The van der Waals surface area contributed by atoms with Crippen LogP contribution in [0.2, 0.25) is 5.02 Å². The Morgan fingerprint density at radius 3 is 2.41 bits per heavy atom. The Morgan fingerprint density at radius 2 is 1.75 bits per heavy atom. The van der Waals surface area contributed by atoms with Gasteiger partial charge in [-0.1, -0.05) is 23.7 Å². The zero-order valence-electron chi connectivity index (χ0n) is 17.8. The summed E-state index contributed by atoms with van der Waals surface area (Å²) in [5.41, 5.74) is 2.16. The second-order valence-corrected chi connectivity index (χ2v) is 10.5. The SMILES string of the molecule is COc1ccc(Cc2csc(N3CCN(S(=O)(=O)c4cc(Cl)ccc4OC)CC3)n2)cc1. The van der Waals surface area contributed by atoms with Crippen LogP contribution in [0.25, 0.3) is 0 Å². The molecule has 1 fully saturated rings. The summed E-state index contributed by atoms with van der Waals surface area (Å²) in [6.07, 6.45) is 0.739. The summed E-state index contributed by atoms with van der Waals surface area (Å²) in [7, 11) is -0.603. The van der Waals surface area contributed by atoms with Crippen molar-refractivity contribution < 1.29 is 17.9 Å². The minimum atomic E-state index is -3.70. The third-order valence-corrected chi connectivity index (χ3v) is 8.44. The van der Waals surface area contributed by atoms with Crippen molar-refractivity contribution in [2.45, 2.75) is 11.3 Å². The fourth-order valence-electron chi connectivity index (χ4n) is 3.59. The van der Waals surface area contributed by atoms with Gasteiger partial charge >= 0.3 is 0 Å². The Labute approximate surface area is 197 Å². The molecule has 7 nitrogen and oxygen atoms in total. The quantitative estimate of drug-likeness (QED) is 0.497. The van der Waals surface area contributed by atoms with Gasteiger partial charge in [0.05, 0.1) is 19.9 Å². The number of nitrogens with zero attached hydrogens (tertiary/aromatic N) is 3. The van der Waals surface area contributed by atoms with E-state index in [1.54, 1.807) is 30.6 Å². The van der Waals surface area contributed by atoms with Crippen LogP contribution in [0, 0.1) is 0 Å². The topological polar surface area (TPSA) is 72.0 Å². The number of benzene rings is 2. The largest absolute Gasteiger partial charge is 0.497 e. The highest BCUT2D eigenvalue weighted by molar-refractivity contribution is 7.89. The smallest absolute Gasteiger partial charge is 0.246 e. The van der Waals surface area contributed by atoms with E-state index < -0.39 is 10.0 Å². The lowest BCUT2D eigenvalue weighted by Gasteiger charge is -2.34. The summed E-state index contributed by atoms with van der Waals surface area (Å²) >= 11 is 7.62. The van der Waals surface area contributed by atoms with Crippen LogP contribution in [0.5, 0.6) is 11.5 Å². The van der Waals surface area contributed by atoms with Crippen molar-refractivity contribution in [3.8, 4) is 11.5 Å². The second kappa shape index (κ2) is 9.66. The lowest BCUT2D eigenvalue weighted by molar-refractivity contribution is 0.374. The molecule has 1 aliphatic rings. The normalized spacial score (nSPS) is 15.0. The Balaban J connectivity index is 1.41. The molecule has 10 heteroatoms. The number of piperazine rings is 1. The van der Waals surface area contributed by atoms with Gasteiger partial charge in [-0.3, -0.25) is 0 Å². The minimum Gasteiger partial charge on any atom is -0.497 e. The molecule has 170 valence electrons. The summed E-state index contributed by atoms with van der Waals surface area (Å²) in [5, 5.41) is 3.32. The van der Waals surface area contributed by atoms with Crippen molar-refractivity contribution in [3.63, 3.8) is 0 Å². The first-order valence-electron chi connectivity index (χ1n) is 10.1. The Bertz CT molecular complexity index is 1170. The predicted molar refractivity (Wildman–Crippen MR) is 127 cm³/mol. The molecule has 3 aromatic rings. The van der Waals surface area contributed by atoms with Crippen LogP contribution < -0.4 is 14.4 Å². The van der Waals surface area contributed by atoms with Crippen molar-refractivity contribution in [1.29, 1.82) is 0 Å². The molecule has 1 saturated heterocycles. The molecule has 0 amide bonds. The van der Waals surface area contributed by atoms with Crippen LogP contribution in [0.4, 0.5) is 5.13 Å². The minimum absolute atomic E-state index is 0.0944. The van der Waals surface area contributed by atoms with E-state index >= 15 is 0 Å². The van der Waals surface area contributed by atoms with E-state index in [4.69, 9.17) is 26.1 Å². The van der Waals surface area contributed by atoms with Gasteiger partial charge in [0.25, 0.3) is 0 Å². The van der Waals surface area contributed by atoms with Gasteiger partial charge in [0.2, 0.25) is 10.0 Å². The van der Waals surface area contributed by atoms with Crippen molar-refractivity contribution >= 4 is 38.1 Å². The molecule has 0 spiro atoms. The standard InChI is InChI=1S/C22H24ClN3O4S2/c1-29-19-6-3-16(4-7-19)13-18-15-31-22(24-18)25-9-11-26(12-10-25)32(27,28)21-14-17(23)5-8-20(21)30-2/h3-8,14-15H,9-13H2,1-2H3. The molecular weight excluding hydrogens is 470 g/mol. The zero-order chi connectivity index (χ0) is 22.7. The number of ether oxygens (including phenoxy) is 2. The van der Waals surface area contributed by atoms with Crippen molar-refractivity contribution in [2.75, 3.05) is 45.3 Å². The van der Waals surface area contributed by atoms with Crippen molar-refractivity contribution in [2.24, 2.45) is 0 Å². The highest BCUT2D eigenvalue weighted by Crippen LogP contribution is 2.31. The molecule has 0 saturated carbocycles. The maximum absolute atomic E-state index is 13.2. The van der Waals surface area contributed by atoms with E-state index in [0.29, 0.717) is 37.0 Å². The van der Waals surface area contributed by atoms with Gasteiger partial charge in [-0.2, -0.15) is 4.31 Å². The monoisotopic (exact) mass is 493 g/mol. The van der Waals surface area contributed by atoms with Gasteiger partial charge in [0.1, 0.15) is 16.4 Å². The molecule has 4 rings (SSSR count). The van der Waals surface area contributed by atoms with E-state index in [-0.39, 0.29) is 4.90 Å². The van der Waals surface area contributed by atoms with Crippen LogP contribution in [0.15, 0.2) is 52.7 Å². The van der Waals surface area contributed by atoms with Gasteiger partial charge in [-0.25, -0.2) is 13.4 Å². The average Bonchev–Trinajstić information content (AvgIpc) is 3.28. The van der Waals surface area contributed by atoms with Crippen LogP contribution in [-0.2, 0) is 16.4 Å². The number of thiazole rings is 1. The zero-order valence-corrected chi connectivity index (χ0v) is 20.2. The summed E-state index contributed by atoms with van der Waals surface area (Å²) < 4.78 is 38.2. The molecule has 2 heterocycles. The number of sulfonamides is 1. The second-order valence-electron chi connectivity index (χ2n) is 7.33. The van der Waals surface area contributed by atoms with Gasteiger partial charge in [0.15, 0.2) is 5.13 Å². The average molecular weight is 494 g/mol. The molecule has 0 aliphatic carbocycles. The predicted octanol–water partition coefficient (Wildman–Crippen LogP) is 3.92. The molecular formula is C22H24ClN3O4S2. The molecule has 0 atom stereocenters. The van der Waals surface area contributed by atoms with Crippen molar-refractivity contribution in [1.82, 2.24) is 9.29 Å². The van der Waals surface area contributed by atoms with E-state index in [1.807, 2.05) is 24.3 Å².